The van der Waals surface area contributed by atoms with Gasteiger partial charge in [-0.25, -0.2) is 13.3 Å². The van der Waals surface area contributed by atoms with Gasteiger partial charge in [0.15, 0.2) is 5.82 Å². The predicted molar refractivity (Wildman–Crippen MR) is 103 cm³/mol. The van der Waals surface area contributed by atoms with Crippen molar-refractivity contribution in [3.63, 3.8) is 0 Å². The zero-order chi connectivity index (χ0) is 19.1. The molecule has 2 heterocycles. The van der Waals surface area contributed by atoms with E-state index in [4.69, 9.17) is 11.6 Å². The molecule has 0 fully saturated rings. The van der Waals surface area contributed by atoms with Crippen molar-refractivity contribution >= 4 is 44.8 Å². The summed E-state index contributed by atoms with van der Waals surface area (Å²) in [7, 11) is 0. The summed E-state index contributed by atoms with van der Waals surface area (Å²) in [6.45, 7) is 1.75. The second kappa shape index (κ2) is 7.03. The molecule has 2 aromatic carbocycles. The van der Waals surface area contributed by atoms with Crippen molar-refractivity contribution in [3.8, 4) is 11.4 Å². The van der Waals surface area contributed by atoms with Gasteiger partial charge in [-0.05, 0) is 55.1 Å². The standard InChI is InChI=1S/C18H10ClF2N3OS2/c1-9-15(17(25)26-14-7-6-12(20)8-13(14)21)27-18-22-16(23-24(9)18)10-2-4-11(19)5-3-10/h2-8H,1H3. The van der Waals surface area contributed by atoms with Gasteiger partial charge in [0.05, 0.1) is 10.6 Å². The number of rotatable bonds is 3. The van der Waals surface area contributed by atoms with E-state index in [1.807, 2.05) is 12.1 Å². The molecule has 0 aliphatic rings. The number of carbonyl (C=O) groups excluding carboxylic acids is 1. The van der Waals surface area contributed by atoms with Crippen molar-refractivity contribution in [2.24, 2.45) is 0 Å². The van der Waals surface area contributed by atoms with Gasteiger partial charge in [0, 0.05) is 16.7 Å². The van der Waals surface area contributed by atoms with Crippen LogP contribution < -0.4 is 0 Å². The van der Waals surface area contributed by atoms with E-state index >= 15 is 0 Å². The van der Waals surface area contributed by atoms with Crippen LogP contribution in [0.25, 0.3) is 16.3 Å². The molecule has 4 nitrogen and oxygen atoms in total. The van der Waals surface area contributed by atoms with E-state index < -0.39 is 11.6 Å². The summed E-state index contributed by atoms with van der Waals surface area (Å²) in [6, 6.07) is 10.3. The van der Waals surface area contributed by atoms with Crippen LogP contribution in [0.4, 0.5) is 8.78 Å². The number of hydrogen-bond acceptors (Lipinski definition) is 5. The third-order valence-electron chi connectivity index (χ3n) is 3.80. The van der Waals surface area contributed by atoms with Crippen LogP contribution in [0.3, 0.4) is 0 Å². The maximum absolute atomic E-state index is 13.8. The molecule has 0 unspecified atom stereocenters. The minimum atomic E-state index is -0.768. The van der Waals surface area contributed by atoms with E-state index in [2.05, 4.69) is 10.1 Å². The summed E-state index contributed by atoms with van der Waals surface area (Å²) in [6.07, 6.45) is 0. The number of aromatic nitrogens is 3. The first-order chi connectivity index (χ1) is 12.9. The number of thioether (sulfide) groups is 1. The molecular weight excluding hydrogens is 412 g/mol. The highest BCUT2D eigenvalue weighted by Gasteiger charge is 2.21. The molecule has 0 aliphatic heterocycles. The summed E-state index contributed by atoms with van der Waals surface area (Å²) >= 11 is 7.78. The molecule has 0 saturated heterocycles. The lowest BCUT2D eigenvalue weighted by molar-refractivity contribution is 0.109. The van der Waals surface area contributed by atoms with Gasteiger partial charge in [0.1, 0.15) is 16.5 Å². The zero-order valence-corrected chi connectivity index (χ0v) is 16.1. The molecule has 0 N–H and O–H groups in total. The molecule has 9 heteroatoms. The van der Waals surface area contributed by atoms with Gasteiger partial charge in [-0.2, -0.15) is 4.98 Å². The maximum atomic E-state index is 13.8. The second-order valence-corrected chi connectivity index (χ2v) is 8.05. The van der Waals surface area contributed by atoms with Crippen LogP contribution in [-0.4, -0.2) is 19.7 Å². The Morgan fingerprint density at radius 2 is 1.93 bits per heavy atom. The predicted octanol–water partition coefficient (Wildman–Crippen LogP) is 5.63. The molecule has 0 saturated carbocycles. The Kier molecular flexibility index (Phi) is 4.71. The van der Waals surface area contributed by atoms with Crippen molar-refractivity contribution in [3.05, 3.63) is 69.7 Å². The molecule has 0 amide bonds. The van der Waals surface area contributed by atoms with Crippen LogP contribution in [0.5, 0.6) is 0 Å². The zero-order valence-electron chi connectivity index (χ0n) is 13.7. The molecule has 136 valence electrons. The molecule has 0 spiro atoms. The fraction of sp³-hybridized carbons (Fsp3) is 0.0556. The molecule has 4 aromatic rings. The molecule has 2 aromatic heterocycles. The van der Waals surface area contributed by atoms with E-state index in [0.717, 1.165) is 17.7 Å². The van der Waals surface area contributed by atoms with E-state index in [-0.39, 0.29) is 10.0 Å². The number of benzene rings is 2. The van der Waals surface area contributed by atoms with E-state index in [9.17, 15) is 13.6 Å². The maximum Gasteiger partial charge on any atom is 0.236 e. The minimum absolute atomic E-state index is 0.0710. The van der Waals surface area contributed by atoms with E-state index in [1.165, 1.54) is 17.4 Å². The van der Waals surface area contributed by atoms with Crippen molar-refractivity contribution < 1.29 is 13.6 Å². The average Bonchev–Trinajstić information content (AvgIpc) is 3.18. The normalized spacial score (nSPS) is 11.3. The van der Waals surface area contributed by atoms with Gasteiger partial charge >= 0.3 is 0 Å². The van der Waals surface area contributed by atoms with Gasteiger partial charge in [-0.15, -0.1) is 5.10 Å². The number of carbonyl (C=O) groups is 1. The smallest absolute Gasteiger partial charge is 0.236 e. The average molecular weight is 422 g/mol. The highest BCUT2D eigenvalue weighted by molar-refractivity contribution is 8.14. The fourth-order valence-electron chi connectivity index (χ4n) is 2.46. The Labute approximate surface area is 165 Å². The molecule has 0 radical (unpaired) electrons. The lowest BCUT2D eigenvalue weighted by Gasteiger charge is -2.02. The topological polar surface area (TPSA) is 47.3 Å². The lowest BCUT2D eigenvalue weighted by Crippen LogP contribution is -1.97. The van der Waals surface area contributed by atoms with E-state index in [0.29, 0.717) is 38.1 Å². The quantitative estimate of drug-likeness (QED) is 0.402. The Hall–Kier alpha value is -2.29. The number of thiazole rings is 1. The number of nitrogens with zero attached hydrogens (tertiary/aromatic N) is 3. The molecular formula is C18H10ClF2N3OS2. The van der Waals surface area contributed by atoms with Gasteiger partial charge in [0.25, 0.3) is 0 Å². The molecule has 0 atom stereocenters. The fourth-order valence-corrected chi connectivity index (χ4v) is 4.46. The lowest BCUT2D eigenvalue weighted by atomic mass is 10.2. The van der Waals surface area contributed by atoms with Gasteiger partial charge in [-0.3, -0.25) is 4.79 Å². The number of fused-ring (bicyclic) bond motifs is 1. The number of halogens is 3. The first-order valence-corrected chi connectivity index (χ1v) is 9.73. The van der Waals surface area contributed by atoms with Crippen molar-refractivity contribution in [1.82, 2.24) is 14.6 Å². The summed E-state index contributed by atoms with van der Waals surface area (Å²) in [5.41, 5.74) is 1.42. The van der Waals surface area contributed by atoms with Crippen LogP contribution in [0.2, 0.25) is 5.02 Å². The summed E-state index contributed by atoms with van der Waals surface area (Å²) in [4.78, 5) is 18.1. The minimum Gasteiger partial charge on any atom is -0.280 e. The highest BCUT2D eigenvalue weighted by atomic mass is 35.5. The first kappa shape index (κ1) is 18.1. The SMILES string of the molecule is Cc1c(C(=O)Sc2ccc(F)cc2F)sc2nc(-c3ccc(Cl)cc3)nn12. The second-order valence-electron chi connectivity index (χ2n) is 5.62. The van der Waals surface area contributed by atoms with Crippen molar-refractivity contribution in [2.45, 2.75) is 11.8 Å². The largest absolute Gasteiger partial charge is 0.280 e. The van der Waals surface area contributed by atoms with Crippen LogP contribution in [0.15, 0.2) is 47.4 Å². The number of hydrogen-bond donors (Lipinski definition) is 0. The summed E-state index contributed by atoms with van der Waals surface area (Å²) in [5, 5.41) is 4.71. The van der Waals surface area contributed by atoms with Crippen molar-refractivity contribution in [2.75, 3.05) is 0 Å². The molecule has 4 rings (SSSR count). The van der Waals surface area contributed by atoms with Crippen LogP contribution in [0, 0.1) is 18.6 Å². The highest BCUT2D eigenvalue weighted by Crippen LogP contribution is 2.32. The monoisotopic (exact) mass is 421 g/mol. The Morgan fingerprint density at radius 1 is 1.19 bits per heavy atom. The third kappa shape index (κ3) is 3.47. The van der Waals surface area contributed by atoms with Crippen LogP contribution in [0.1, 0.15) is 15.4 Å². The van der Waals surface area contributed by atoms with Gasteiger partial charge < -0.3 is 0 Å². The van der Waals surface area contributed by atoms with Crippen molar-refractivity contribution in [1.29, 1.82) is 0 Å². The number of aryl methyl sites for hydroxylation is 1. The van der Waals surface area contributed by atoms with Crippen LogP contribution >= 0.6 is 34.7 Å². The van der Waals surface area contributed by atoms with E-state index in [1.54, 1.807) is 23.6 Å². The molecule has 0 bridgehead atoms. The van der Waals surface area contributed by atoms with Gasteiger partial charge in [-0.1, -0.05) is 22.9 Å². The summed E-state index contributed by atoms with van der Waals surface area (Å²) < 4.78 is 28.4. The Balaban J connectivity index is 1.64. The molecule has 0 aliphatic carbocycles. The molecule has 27 heavy (non-hydrogen) atoms. The Morgan fingerprint density at radius 3 is 2.59 bits per heavy atom. The summed E-state index contributed by atoms with van der Waals surface area (Å²) in [5.74, 6) is -0.929. The van der Waals surface area contributed by atoms with Gasteiger partial charge in [0.2, 0.25) is 10.1 Å². The third-order valence-corrected chi connectivity index (χ3v) is 6.25. The van der Waals surface area contributed by atoms with Crippen LogP contribution in [-0.2, 0) is 0 Å². The first-order valence-electron chi connectivity index (χ1n) is 7.72. The Bertz CT molecular complexity index is 1170.